The van der Waals surface area contributed by atoms with E-state index in [-0.39, 0.29) is 19.5 Å². The largest absolute Gasteiger partial charge is 0.699 e. The molecule has 10 N–H and O–H groups in total. The van der Waals surface area contributed by atoms with Crippen molar-refractivity contribution in [1.29, 1.82) is 0 Å². The smallest absolute Gasteiger partial charge is 0.00461 e. The molecule has 139 valence electrons. The number of rotatable bonds is 2. The zero-order valence-electron chi connectivity index (χ0n) is 14.1. The van der Waals surface area contributed by atoms with Crippen LogP contribution >= 0.6 is 0 Å². The summed E-state index contributed by atoms with van der Waals surface area (Å²) in [6, 6.07) is 15.6. The second-order valence-electron chi connectivity index (χ2n) is 5.00. The number of nitrogens with two attached hydrogens (primary N) is 4. The van der Waals surface area contributed by atoms with Gasteiger partial charge in [0.15, 0.2) is 0 Å². The summed E-state index contributed by atoms with van der Waals surface area (Å²) in [5.41, 5.74) is 36.2. The Morgan fingerprint density at radius 2 is 0.760 bits per heavy atom. The molecular formula is C18H26N6Rh-2. The first kappa shape index (κ1) is 23.2. The maximum absolute atomic E-state index is 7.98. The van der Waals surface area contributed by atoms with Crippen LogP contribution in [0.25, 0.3) is 33.0 Å². The predicted molar refractivity (Wildman–Crippen MR) is 106 cm³/mol. The van der Waals surface area contributed by atoms with Crippen molar-refractivity contribution < 1.29 is 19.5 Å². The Labute approximate surface area is 161 Å². The van der Waals surface area contributed by atoms with Crippen molar-refractivity contribution in [3.8, 4) is 0 Å². The van der Waals surface area contributed by atoms with Crippen molar-refractivity contribution in [2.75, 3.05) is 26.2 Å². The maximum atomic E-state index is 7.98. The van der Waals surface area contributed by atoms with Gasteiger partial charge in [-0.15, -0.1) is 11.4 Å². The van der Waals surface area contributed by atoms with Gasteiger partial charge in [-0.25, -0.2) is 0 Å². The van der Waals surface area contributed by atoms with Gasteiger partial charge in [0.05, 0.1) is 0 Å². The summed E-state index contributed by atoms with van der Waals surface area (Å²) >= 11 is 0. The fourth-order valence-electron chi connectivity index (χ4n) is 2.14. The summed E-state index contributed by atoms with van der Waals surface area (Å²) in [5.74, 6) is 0. The van der Waals surface area contributed by atoms with Gasteiger partial charge < -0.3 is 34.4 Å². The molecule has 0 amide bonds. The summed E-state index contributed by atoms with van der Waals surface area (Å²) in [5, 5.41) is 3.82. The van der Waals surface area contributed by atoms with Crippen LogP contribution in [0.2, 0.25) is 0 Å². The molecule has 0 aliphatic carbocycles. The Kier molecular flexibility index (Phi) is 11.7. The number of hydrogen-bond donors (Lipinski definition) is 4. The van der Waals surface area contributed by atoms with E-state index in [4.69, 9.17) is 34.4 Å². The monoisotopic (exact) mass is 429 g/mol. The molecule has 3 rings (SSSR count). The van der Waals surface area contributed by atoms with Crippen LogP contribution in [-0.4, -0.2) is 26.2 Å². The van der Waals surface area contributed by atoms with Gasteiger partial charge in [-0.3, -0.25) is 0 Å². The summed E-state index contributed by atoms with van der Waals surface area (Å²) in [6.07, 6.45) is 0. The van der Waals surface area contributed by atoms with E-state index in [0.29, 0.717) is 37.6 Å². The van der Waals surface area contributed by atoms with E-state index in [0.717, 1.165) is 21.5 Å². The van der Waals surface area contributed by atoms with Gasteiger partial charge in [-0.05, 0) is 21.5 Å². The Balaban J connectivity index is 0.000000549. The van der Waals surface area contributed by atoms with Gasteiger partial charge in [-0.2, -0.15) is 0 Å². The predicted octanol–water partition coefficient (Wildman–Crippen LogP) is 3.17. The van der Waals surface area contributed by atoms with Crippen molar-refractivity contribution >= 4 is 32.9 Å². The average Bonchev–Trinajstić information content (AvgIpc) is 2.66. The molecule has 7 heteroatoms. The van der Waals surface area contributed by atoms with Crippen molar-refractivity contribution in [2.45, 2.75) is 0 Å². The molecule has 0 fully saturated rings. The van der Waals surface area contributed by atoms with Gasteiger partial charge in [0, 0.05) is 45.7 Å². The van der Waals surface area contributed by atoms with E-state index in [1.54, 1.807) is 0 Å². The first-order chi connectivity index (χ1) is 11.6. The molecule has 0 unspecified atom stereocenters. The fraction of sp³-hybridized carbons (Fsp3) is 0.222. The van der Waals surface area contributed by atoms with Crippen LogP contribution in [0, 0.1) is 0 Å². The van der Waals surface area contributed by atoms with E-state index in [2.05, 4.69) is 0 Å². The van der Waals surface area contributed by atoms with E-state index < -0.39 is 0 Å². The van der Waals surface area contributed by atoms with Crippen LogP contribution in [0.5, 0.6) is 0 Å². The Morgan fingerprint density at radius 3 is 1.00 bits per heavy atom. The third-order valence-corrected chi connectivity index (χ3v) is 3.27. The summed E-state index contributed by atoms with van der Waals surface area (Å²) in [4.78, 5) is 0. The van der Waals surface area contributed by atoms with Crippen LogP contribution in [-0.2, 0) is 19.5 Å². The molecule has 0 heterocycles. The fourth-order valence-corrected chi connectivity index (χ4v) is 2.14. The van der Waals surface area contributed by atoms with Gasteiger partial charge in [-0.1, -0.05) is 48.5 Å². The van der Waals surface area contributed by atoms with Gasteiger partial charge in [0.25, 0.3) is 0 Å². The van der Waals surface area contributed by atoms with Gasteiger partial charge in [0.1, 0.15) is 0 Å². The van der Waals surface area contributed by atoms with E-state index in [1.165, 1.54) is 0 Å². The van der Waals surface area contributed by atoms with Crippen LogP contribution in [0.3, 0.4) is 0 Å². The maximum Gasteiger partial charge on any atom is 0.00461 e. The van der Waals surface area contributed by atoms with Gasteiger partial charge in [0.2, 0.25) is 0 Å². The van der Waals surface area contributed by atoms with E-state index in [1.807, 2.05) is 48.5 Å². The molecule has 0 saturated heterocycles. The first-order valence-electron chi connectivity index (χ1n) is 7.79. The van der Waals surface area contributed by atoms with Gasteiger partial charge >= 0.3 is 0 Å². The van der Waals surface area contributed by atoms with Crippen LogP contribution in [0.1, 0.15) is 0 Å². The standard InChI is InChI=1S/C14H10N2.2C2H8N2.Rh/c15-13-11-7-3-1-5-9(11)10-6-2-4-8-12(10)14(13)16;2*3-1-2-4;/h1-8,15-16H;2*1-4H2;/q-2;;;. The number of nitrogens with one attached hydrogen (secondary N) is 2. The minimum atomic E-state index is 0. The molecule has 6 nitrogen and oxygen atoms in total. The SMILES string of the molecule is NCCN.NCCN.[NH-]c1c([NH-])c2ccccc2c2ccccc12.[Rh]. The van der Waals surface area contributed by atoms with Crippen molar-refractivity contribution in [1.82, 2.24) is 0 Å². The zero-order chi connectivity index (χ0) is 17.9. The normalized spacial score (nSPS) is 9.44. The third kappa shape index (κ3) is 6.23. The number of benzene rings is 3. The topological polar surface area (TPSA) is 152 Å². The minimum absolute atomic E-state index is 0. The van der Waals surface area contributed by atoms with Crippen molar-refractivity contribution in [2.24, 2.45) is 22.9 Å². The molecule has 3 aromatic carbocycles. The number of hydrogen-bond acceptors (Lipinski definition) is 4. The van der Waals surface area contributed by atoms with Crippen LogP contribution in [0.15, 0.2) is 48.5 Å². The molecule has 1 radical (unpaired) electrons. The first-order valence-corrected chi connectivity index (χ1v) is 7.79. The molecule has 0 spiro atoms. The molecule has 0 aliphatic heterocycles. The Bertz CT molecular complexity index is 694. The molecular weight excluding hydrogens is 403 g/mol. The molecule has 0 bridgehead atoms. The molecule has 25 heavy (non-hydrogen) atoms. The summed E-state index contributed by atoms with van der Waals surface area (Å²) in [6.45, 7) is 2.39. The Hall–Kier alpha value is -1.76. The Morgan fingerprint density at radius 1 is 0.520 bits per heavy atom. The average molecular weight is 429 g/mol. The quantitative estimate of drug-likeness (QED) is 0.365. The van der Waals surface area contributed by atoms with Crippen LogP contribution < -0.4 is 22.9 Å². The van der Waals surface area contributed by atoms with Crippen molar-refractivity contribution in [3.05, 3.63) is 60.0 Å². The second kappa shape index (κ2) is 12.6. The van der Waals surface area contributed by atoms with E-state index >= 15 is 0 Å². The molecule has 3 aromatic rings. The zero-order valence-corrected chi connectivity index (χ0v) is 15.7. The molecule has 0 aromatic heterocycles. The second-order valence-corrected chi connectivity index (χ2v) is 5.00. The number of fused-ring (bicyclic) bond motifs is 3. The van der Waals surface area contributed by atoms with Crippen molar-refractivity contribution in [3.63, 3.8) is 0 Å². The van der Waals surface area contributed by atoms with Crippen LogP contribution in [0.4, 0.5) is 11.4 Å². The molecule has 0 saturated carbocycles. The summed E-state index contributed by atoms with van der Waals surface area (Å²) in [7, 11) is 0. The summed E-state index contributed by atoms with van der Waals surface area (Å²) < 4.78 is 0. The molecule has 0 atom stereocenters. The van der Waals surface area contributed by atoms with E-state index in [9.17, 15) is 0 Å². The minimum Gasteiger partial charge on any atom is -0.699 e. The molecule has 0 aliphatic rings. The third-order valence-electron chi connectivity index (χ3n) is 3.27.